The lowest BCUT2D eigenvalue weighted by Gasteiger charge is -2.38. The van der Waals surface area contributed by atoms with Crippen LogP contribution in [0.25, 0.3) is 0 Å². The molecule has 0 amide bonds. The first-order chi connectivity index (χ1) is 14.3. The Morgan fingerprint density at radius 1 is 0.862 bits per heavy atom. The summed E-state index contributed by atoms with van der Waals surface area (Å²) >= 11 is 0. The van der Waals surface area contributed by atoms with Gasteiger partial charge >= 0.3 is 0 Å². The van der Waals surface area contributed by atoms with Crippen LogP contribution in [0, 0.1) is 0 Å². The van der Waals surface area contributed by atoms with Gasteiger partial charge in [-0.3, -0.25) is 4.90 Å². The number of nitrogens with one attached hydrogen (secondary N) is 1. The van der Waals surface area contributed by atoms with E-state index in [2.05, 4.69) is 53.7 Å². The summed E-state index contributed by atoms with van der Waals surface area (Å²) in [5.41, 5.74) is 4.75. The maximum Gasteiger partial charge on any atom is 0.189 e. The van der Waals surface area contributed by atoms with Crippen molar-refractivity contribution in [2.75, 3.05) is 33.7 Å². The van der Waals surface area contributed by atoms with E-state index in [1.807, 2.05) is 0 Å². The summed E-state index contributed by atoms with van der Waals surface area (Å²) in [5.74, 6) is 1.85. The minimum absolute atomic E-state index is 0.151. The van der Waals surface area contributed by atoms with Gasteiger partial charge in [-0.15, -0.1) is 0 Å². The van der Waals surface area contributed by atoms with Crippen molar-refractivity contribution < 1.29 is 18.9 Å². The molecule has 0 spiro atoms. The zero-order valence-electron chi connectivity index (χ0n) is 16.9. The van der Waals surface area contributed by atoms with Gasteiger partial charge in [-0.1, -0.05) is 12.1 Å². The van der Waals surface area contributed by atoms with Crippen molar-refractivity contribution in [1.29, 1.82) is 0 Å². The van der Waals surface area contributed by atoms with Crippen LogP contribution in [-0.2, 0) is 22.7 Å². The molecule has 1 N–H and O–H groups in total. The van der Waals surface area contributed by atoms with Crippen LogP contribution in [0.5, 0.6) is 11.5 Å². The van der Waals surface area contributed by atoms with Gasteiger partial charge < -0.3 is 24.3 Å². The van der Waals surface area contributed by atoms with Gasteiger partial charge in [0, 0.05) is 17.2 Å². The van der Waals surface area contributed by atoms with Crippen molar-refractivity contribution in [1.82, 2.24) is 10.2 Å². The lowest BCUT2D eigenvalue weighted by Crippen LogP contribution is -2.43. The highest BCUT2D eigenvalue weighted by Crippen LogP contribution is 2.37. The van der Waals surface area contributed by atoms with Gasteiger partial charge in [0.1, 0.15) is 11.5 Å². The summed E-state index contributed by atoms with van der Waals surface area (Å²) in [6, 6.07) is 13.7. The molecule has 2 aromatic carbocycles. The maximum atomic E-state index is 5.64. The summed E-state index contributed by atoms with van der Waals surface area (Å²) in [7, 11) is 2.25. The second-order valence-electron chi connectivity index (χ2n) is 8.00. The van der Waals surface area contributed by atoms with E-state index in [0.29, 0.717) is 32.8 Å². The lowest BCUT2D eigenvalue weighted by atomic mass is 9.91. The van der Waals surface area contributed by atoms with E-state index in [4.69, 9.17) is 18.9 Å². The molecule has 1 fully saturated rings. The minimum Gasteiger partial charge on any atom is -0.467 e. The van der Waals surface area contributed by atoms with Crippen molar-refractivity contribution in [3.63, 3.8) is 0 Å². The van der Waals surface area contributed by atoms with E-state index < -0.39 is 0 Å². The smallest absolute Gasteiger partial charge is 0.189 e. The van der Waals surface area contributed by atoms with E-state index in [-0.39, 0.29) is 6.04 Å². The Morgan fingerprint density at radius 2 is 1.41 bits per heavy atom. The highest BCUT2D eigenvalue weighted by molar-refractivity contribution is 5.45. The molecule has 3 aliphatic heterocycles. The van der Waals surface area contributed by atoms with Crippen LogP contribution in [0.3, 0.4) is 0 Å². The van der Waals surface area contributed by atoms with Gasteiger partial charge in [-0.25, -0.2) is 0 Å². The largest absolute Gasteiger partial charge is 0.467 e. The number of ether oxygens (including phenoxy) is 4. The van der Waals surface area contributed by atoms with Crippen molar-refractivity contribution in [3.05, 3.63) is 58.7 Å². The number of fused-ring (bicyclic) bond motifs is 2. The molecule has 3 heterocycles. The van der Waals surface area contributed by atoms with E-state index in [9.17, 15) is 0 Å². The molecular weight excluding hydrogens is 368 g/mol. The molecule has 6 heteroatoms. The van der Waals surface area contributed by atoms with E-state index >= 15 is 0 Å². The fourth-order valence-corrected chi connectivity index (χ4v) is 4.65. The predicted molar refractivity (Wildman–Crippen MR) is 109 cm³/mol. The van der Waals surface area contributed by atoms with Gasteiger partial charge in [-0.05, 0) is 68.4 Å². The Bertz CT molecular complexity index is 806. The number of hydrogen-bond acceptors (Lipinski definition) is 6. The molecule has 1 saturated heterocycles. The summed E-state index contributed by atoms with van der Waals surface area (Å²) in [6.45, 7) is 3.99. The third kappa shape index (κ3) is 3.85. The summed E-state index contributed by atoms with van der Waals surface area (Å²) in [5, 5.41) is 3.48. The zero-order valence-corrected chi connectivity index (χ0v) is 16.9. The Morgan fingerprint density at radius 3 is 1.97 bits per heavy atom. The van der Waals surface area contributed by atoms with Crippen LogP contribution in [0.1, 0.15) is 41.1 Å². The summed E-state index contributed by atoms with van der Waals surface area (Å²) in [6.07, 6.45) is 2.31. The normalized spacial score (nSPS) is 19.4. The molecule has 3 aliphatic rings. The standard InChI is InChI=1S/C23H28N2O4/c1-25(20-6-8-24-9-7-20)23(16-2-4-21-18(10-16)12-26-14-28-21)17-3-5-22-19(11-17)13-27-15-29-22/h2-5,10-11,20,23-24H,6-9,12-15H2,1H3. The van der Waals surface area contributed by atoms with Crippen molar-refractivity contribution in [2.24, 2.45) is 0 Å². The Labute approximate surface area is 171 Å². The maximum absolute atomic E-state index is 5.64. The first-order valence-electron chi connectivity index (χ1n) is 10.4. The molecule has 0 bridgehead atoms. The summed E-state index contributed by atoms with van der Waals surface area (Å²) in [4.78, 5) is 2.53. The first kappa shape index (κ1) is 18.9. The van der Waals surface area contributed by atoms with Crippen LogP contribution < -0.4 is 14.8 Å². The molecule has 0 saturated carbocycles. The van der Waals surface area contributed by atoms with Crippen LogP contribution in [0.15, 0.2) is 36.4 Å². The Hall–Kier alpha value is -2.12. The number of piperidine rings is 1. The Balaban J connectivity index is 1.54. The van der Waals surface area contributed by atoms with Crippen LogP contribution in [0.4, 0.5) is 0 Å². The molecule has 29 heavy (non-hydrogen) atoms. The second kappa shape index (κ2) is 8.32. The number of benzene rings is 2. The average molecular weight is 396 g/mol. The van der Waals surface area contributed by atoms with Crippen molar-refractivity contribution in [2.45, 2.75) is 38.1 Å². The highest BCUT2D eigenvalue weighted by Gasteiger charge is 2.29. The minimum atomic E-state index is 0.151. The molecule has 5 rings (SSSR count). The van der Waals surface area contributed by atoms with Crippen LogP contribution in [0.2, 0.25) is 0 Å². The fraction of sp³-hybridized carbons (Fsp3) is 0.478. The van der Waals surface area contributed by atoms with E-state index in [1.54, 1.807) is 0 Å². The quantitative estimate of drug-likeness (QED) is 0.857. The third-order valence-corrected chi connectivity index (χ3v) is 6.20. The number of rotatable bonds is 4. The fourth-order valence-electron chi connectivity index (χ4n) is 4.65. The topological polar surface area (TPSA) is 52.2 Å². The molecule has 154 valence electrons. The number of hydrogen-bond donors (Lipinski definition) is 1. The van der Waals surface area contributed by atoms with Crippen molar-refractivity contribution >= 4 is 0 Å². The molecule has 0 aliphatic carbocycles. The second-order valence-corrected chi connectivity index (χ2v) is 8.00. The molecule has 0 radical (unpaired) electrons. The predicted octanol–water partition coefficient (Wildman–Crippen LogP) is 3.19. The lowest BCUT2D eigenvalue weighted by molar-refractivity contribution is -0.0164. The van der Waals surface area contributed by atoms with Gasteiger partial charge in [0.05, 0.1) is 19.3 Å². The molecule has 2 aromatic rings. The van der Waals surface area contributed by atoms with Crippen LogP contribution >= 0.6 is 0 Å². The van der Waals surface area contributed by atoms with E-state index in [1.165, 1.54) is 11.1 Å². The zero-order chi connectivity index (χ0) is 19.6. The van der Waals surface area contributed by atoms with Crippen molar-refractivity contribution in [3.8, 4) is 11.5 Å². The Kier molecular flexibility index (Phi) is 5.42. The van der Waals surface area contributed by atoms with Gasteiger partial charge in [0.15, 0.2) is 13.6 Å². The van der Waals surface area contributed by atoms with E-state index in [0.717, 1.165) is 48.6 Å². The SMILES string of the molecule is CN(C1CCNCC1)C(c1ccc2c(c1)COCO2)c1ccc2c(c1)COCO2. The average Bonchev–Trinajstić information content (AvgIpc) is 2.79. The molecule has 0 unspecified atom stereocenters. The number of nitrogens with zero attached hydrogens (tertiary/aromatic N) is 1. The monoisotopic (exact) mass is 396 g/mol. The molecular formula is C23H28N2O4. The van der Waals surface area contributed by atoms with Gasteiger partial charge in [0.25, 0.3) is 0 Å². The molecule has 6 nitrogen and oxygen atoms in total. The van der Waals surface area contributed by atoms with Gasteiger partial charge in [0.2, 0.25) is 0 Å². The third-order valence-electron chi connectivity index (χ3n) is 6.20. The first-order valence-corrected chi connectivity index (χ1v) is 10.4. The highest BCUT2D eigenvalue weighted by atomic mass is 16.7. The van der Waals surface area contributed by atoms with Gasteiger partial charge in [-0.2, -0.15) is 0 Å². The molecule has 0 aromatic heterocycles. The van der Waals surface area contributed by atoms with Crippen LogP contribution in [-0.4, -0.2) is 44.7 Å². The molecule has 0 atom stereocenters. The summed E-state index contributed by atoms with van der Waals surface area (Å²) < 4.78 is 22.3.